The Hall–Kier alpha value is -0.940. The van der Waals surface area contributed by atoms with Gasteiger partial charge in [0.2, 0.25) is 0 Å². The second-order valence-corrected chi connectivity index (χ2v) is 21.7. The van der Waals surface area contributed by atoms with Crippen molar-refractivity contribution >= 4 is 0 Å². The molecule has 12 atom stereocenters. The third kappa shape index (κ3) is 8.50. The highest BCUT2D eigenvalue weighted by atomic mass is 15.4. The maximum absolute atomic E-state index is 4.27. The van der Waals surface area contributed by atoms with Crippen molar-refractivity contribution in [2.24, 2.45) is 65.1 Å². The first-order valence-electron chi connectivity index (χ1n) is 25.7. The number of rotatable bonds is 12. The van der Waals surface area contributed by atoms with Crippen molar-refractivity contribution in [3.05, 3.63) is 35.9 Å². The van der Waals surface area contributed by atoms with Gasteiger partial charge in [0.25, 0.3) is 0 Å². The number of benzene rings is 1. The predicted molar refractivity (Wildman–Crippen MR) is 235 cm³/mol. The van der Waals surface area contributed by atoms with E-state index < -0.39 is 0 Å². The van der Waals surface area contributed by atoms with Crippen LogP contribution in [0.25, 0.3) is 0 Å². The number of unbranched alkanes of at least 4 members (excludes halogenated alkanes) is 3. The number of piperidine rings is 2. The van der Waals surface area contributed by atoms with Gasteiger partial charge < -0.3 is 0 Å². The molecule has 1 aromatic rings. The summed E-state index contributed by atoms with van der Waals surface area (Å²) in [5, 5.41) is 8.52. The van der Waals surface area contributed by atoms with Crippen molar-refractivity contribution in [1.82, 2.24) is 20.4 Å². The summed E-state index contributed by atoms with van der Waals surface area (Å²) in [6.07, 6.45) is 35.3. The molecule has 4 heteroatoms. The van der Waals surface area contributed by atoms with Gasteiger partial charge in [-0.3, -0.25) is 20.4 Å². The van der Waals surface area contributed by atoms with Crippen LogP contribution in [0, 0.1) is 65.1 Å². The van der Waals surface area contributed by atoms with Crippen LogP contribution < -0.4 is 10.6 Å². The van der Waals surface area contributed by atoms with E-state index in [2.05, 4.69) is 71.5 Å². The number of hydrogen-bond acceptors (Lipinski definition) is 4. The average molecular weight is 767 g/mol. The molecule has 4 heterocycles. The van der Waals surface area contributed by atoms with Crippen LogP contribution in [0.15, 0.2) is 30.3 Å². The molecule has 0 aromatic heterocycles. The Morgan fingerprint density at radius 2 is 1.09 bits per heavy atom. The summed E-state index contributed by atoms with van der Waals surface area (Å²) in [5.74, 6) is 11.6. The maximum atomic E-state index is 4.27. The number of hydrogen-bond donors (Lipinski definition) is 2. The van der Waals surface area contributed by atoms with Crippen LogP contribution in [0.2, 0.25) is 0 Å². The van der Waals surface area contributed by atoms with Crippen LogP contribution >= 0.6 is 0 Å². The van der Waals surface area contributed by atoms with Gasteiger partial charge in [-0.15, -0.1) is 0 Å². The van der Waals surface area contributed by atoms with Gasteiger partial charge in [0, 0.05) is 31.7 Å². The van der Waals surface area contributed by atoms with E-state index in [0.717, 1.165) is 83.1 Å². The molecule has 0 radical (unpaired) electrons. The number of nitrogens with zero attached hydrogens (tertiary/aromatic N) is 2. The predicted octanol–water partition coefficient (Wildman–Crippen LogP) is 11.9. The Balaban J connectivity index is 0.794. The molecule has 12 unspecified atom stereocenters. The van der Waals surface area contributed by atoms with E-state index in [1.165, 1.54) is 148 Å². The molecular formula is C52H86N4. The standard InChI is InChI=1S/C52H86N4/c1-4-7-8-10-15-36-28-30-55-34-47(53-49(55)32-36)38-20-24-40(25-21-38)51-43(5-2)44(6-3)52(46-19-14-13-18-45(46)51)41-26-22-39(23-27-41)48-35-56-31-29-42(33-50(56)54-48)37-16-11-9-12-17-37/h9,11-12,16-17,36,38-54H,4-8,10,13-15,18-35H2,1-3H3. The minimum atomic E-state index is 0.605. The maximum Gasteiger partial charge on any atom is 0.0606 e. The molecule has 9 rings (SSSR count). The van der Waals surface area contributed by atoms with Gasteiger partial charge in [0.05, 0.1) is 12.3 Å². The van der Waals surface area contributed by atoms with E-state index in [0.29, 0.717) is 12.3 Å². The zero-order valence-electron chi connectivity index (χ0n) is 36.6. The van der Waals surface area contributed by atoms with Gasteiger partial charge in [-0.2, -0.15) is 0 Å². The highest BCUT2D eigenvalue weighted by Crippen LogP contribution is 2.61. The van der Waals surface area contributed by atoms with Crippen molar-refractivity contribution in [3.63, 3.8) is 0 Å². The van der Waals surface area contributed by atoms with Gasteiger partial charge in [-0.1, -0.05) is 109 Å². The summed E-state index contributed by atoms with van der Waals surface area (Å²) in [5.41, 5.74) is 1.57. The minimum absolute atomic E-state index is 0.605. The van der Waals surface area contributed by atoms with Crippen LogP contribution in [0.3, 0.4) is 0 Å². The summed E-state index contributed by atoms with van der Waals surface area (Å²) >= 11 is 0. The van der Waals surface area contributed by atoms with Crippen LogP contribution in [0.1, 0.15) is 180 Å². The lowest BCUT2D eigenvalue weighted by Gasteiger charge is -2.59. The van der Waals surface area contributed by atoms with Crippen molar-refractivity contribution < 1.29 is 0 Å². The molecule has 314 valence electrons. The number of nitrogens with one attached hydrogen (secondary N) is 2. The van der Waals surface area contributed by atoms with E-state index in [1.54, 1.807) is 31.2 Å². The first-order chi connectivity index (χ1) is 27.6. The second kappa shape index (κ2) is 18.8. The van der Waals surface area contributed by atoms with E-state index >= 15 is 0 Å². The fraction of sp³-hybridized carbons (Fsp3) is 0.885. The minimum Gasteiger partial charge on any atom is -0.297 e. The molecule has 0 spiro atoms. The molecule has 56 heavy (non-hydrogen) atoms. The van der Waals surface area contributed by atoms with Crippen LogP contribution in [-0.2, 0) is 0 Å². The Morgan fingerprint density at radius 3 is 1.64 bits per heavy atom. The highest BCUT2D eigenvalue weighted by molar-refractivity contribution is 5.21. The zero-order valence-corrected chi connectivity index (χ0v) is 36.6. The molecule has 0 bridgehead atoms. The Bertz CT molecular complexity index is 1330. The molecule has 8 aliphatic rings. The van der Waals surface area contributed by atoms with Crippen molar-refractivity contribution in [2.45, 2.75) is 199 Å². The Labute approximate surface area is 345 Å². The molecule has 4 aliphatic heterocycles. The van der Waals surface area contributed by atoms with E-state index in [9.17, 15) is 0 Å². The lowest BCUT2D eigenvalue weighted by atomic mass is 9.46. The normalized spacial score (nSPS) is 44.9. The topological polar surface area (TPSA) is 30.5 Å². The molecule has 1 aromatic carbocycles. The van der Waals surface area contributed by atoms with Crippen LogP contribution in [0.4, 0.5) is 0 Å². The monoisotopic (exact) mass is 767 g/mol. The van der Waals surface area contributed by atoms with Crippen molar-refractivity contribution in [1.29, 1.82) is 0 Å². The smallest absolute Gasteiger partial charge is 0.0606 e. The highest BCUT2D eigenvalue weighted by Gasteiger charge is 2.54. The Kier molecular flexibility index (Phi) is 13.6. The molecule has 2 N–H and O–H groups in total. The van der Waals surface area contributed by atoms with Gasteiger partial charge in [0.15, 0.2) is 0 Å². The second-order valence-electron chi connectivity index (χ2n) is 21.7. The van der Waals surface area contributed by atoms with Crippen LogP contribution in [-0.4, -0.2) is 60.4 Å². The molecule has 4 aliphatic carbocycles. The fourth-order valence-corrected chi connectivity index (χ4v) is 16.5. The first kappa shape index (κ1) is 40.5. The summed E-state index contributed by atoms with van der Waals surface area (Å²) in [6.45, 7) is 12.9. The third-order valence-electron chi connectivity index (χ3n) is 19.2. The molecular weight excluding hydrogens is 681 g/mol. The summed E-state index contributed by atoms with van der Waals surface area (Å²) in [6, 6.07) is 12.9. The molecule has 4 saturated heterocycles. The lowest BCUT2D eigenvalue weighted by molar-refractivity contribution is -0.103. The first-order valence-corrected chi connectivity index (χ1v) is 25.7. The summed E-state index contributed by atoms with van der Waals surface area (Å²) < 4.78 is 0. The van der Waals surface area contributed by atoms with E-state index in [4.69, 9.17) is 0 Å². The Morgan fingerprint density at radius 1 is 0.554 bits per heavy atom. The SMILES string of the molecule is CCCCCCC1CCN2CC(C3CCC(C4C(CC)C(CC)C(C5CCC(C6CN7CCC(c8ccccc8)CC7N6)CC5)C5CCCCC54)CC3)NC2C1. The molecule has 4 nitrogen and oxygen atoms in total. The van der Waals surface area contributed by atoms with Crippen LogP contribution in [0.5, 0.6) is 0 Å². The van der Waals surface area contributed by atoms with Gasteiger partial charge in [0.1, 0.15) is 0 Å². The molecule has 4 saturated carbocycles. The summed E-state index contributed by atoms with van der Waals surface area (Å²) in [7, 11) is 0. The van der Waals surface area contributed by atoms with Crippen molar-refractivity contribution in [3.8, 4) is 0 Å². The zero-order chi connectivity index (χ0) is 38.0. The lowest BCUT2D eigenvalue weighted by Crippen LogP contribution is -2.53. The molecule has 8 fully saturated rings. The van der Waals surface area contributed by atoms with E-state index in [-0.39, 0.29) is 0 Å². The molecule has 0 amide bonds. The van der Waals surface area contributed by atoms with Gasteiger partial charge >= 0.3 is 0 Å². The van der Waals surface area contributed by atoms with E-state index in [1.807, 2.05) is 0 Å². The van der Waals surface area contributed by atoms with Gasteiger partial charge in [-0.25, -0.2) is 0 Å². The fourth-order valence-electron chi connectivity index (χ4n) is 16.5. The largest absolute Gasteiger partial charge is 0.297 e. The number of fused-ring (bicyclic) bond motifs is 3. The van der Waals surface area contributed by atoms with Gasteiger partial charge in [-0.05, 0) is 173 Å². The average Bonchev–Trinajstić information content (AvgIpc) is 3.89. The quantitative estimate of drug-likeness (QED) is 0.207. The summed E-state index contributed by atoms with van der Waals surface area (Å²) in [4.78, 5) is 5.70. The third-order valence-corrected chi connectivity index (χ3v) is 19.2. The van der Waals surface area contributed by atoms with Crippen molar-refractivity contribution in [2.75, 3.05) is 26.2 Å².